The molecular formula is C22H31N2P. The molecule has 0 saturated carbocycles. The van der Waals surface area contributed by atoms with Gasteiger partial charge in [0.05, 0.1) is 0 Å². The van der Waals surface area contributed by atoms with E-state index in [-0.39, 0.29) is 0 Å². The maximum atomic E-state index is 2.59. The SMILES string of the molecule is CCCN(C)P(c1ccccc1)c1ccc(N2C(C)CCC2C)cc1. The molecule has 3 heteroatoms. The van der Waals surface area contributed by atoms with Gasteiger partial charge in [0.1, 0.15) is 0 Å². The van der Waals surface area contributed by atoms with E-state index in [9.17, 15) is 0 Å². The van der Waals surface area contributed by atoms with Gasteiger partial charge < -0.3 is 4.90 Å². The topological polar surface area (TPSA) is 6.48 Å². The lowest BCUT2D eigenvalue weighted by molar-refractivity contribution is 0.549. The molecule has 1 heterocycles. The van der Waals surface area contributed by atoms with Crippen LogP contribution in [0.25, 0.3) is 0 Å². The van der Waals surface area contributed by atoms with Crippen molar-refractivity contribution in [1.82, 2.24) is 4.67 Å². The van der Waals surface area contributed by atoms with E-state index in [1.54, 1.807) is 0 Å². The van der Waals surface area contributed by atoms with Gasteiger partial charge in [0.25, 0.3) is 0 Å². The van der Waals surface area contributed by atoms with Crippen LogP contribution in [0.5, 0.6) is 0 Å². The fraction of sp³-hybridized carbons (Fsp3) is 0.455. The third-order valence-corrected chi connectivity index (χ3v) is 7.69. The van der Waals surface area contributed by atoms with Crippen LogP contribution in [0, 0.1) is 0 Å². The van der Waals surface area contributed by atoms with Gasteiger partial charge in [-0.25, -0.2) is 0 Å². The Labute approximate surface area is 154 Å². The van der Waals surface area contributed by atoms with Crippen LogP contribution in [-0.2, 0) is 0 Å². The van der Waals surface area contributed by atoms with Crippen LogP contribution in [0.4, 0.5) is 5.69 Å². The molecule has 1 aliphatic rings. The third-order valence-electron chi connectivity index (χ3n) is 5.23. The van der Waals surface area contributed by atoms with Crippen LogP contribution in [0.3, 0.4) is 0 Å². The van der Waals surface area contributed by atoms with E-state index in [1.165, 1.54) is 35.6 Å². The van der Waals surface area contributed by atoms with Gasteiger partial charge in [0, 0.05) is 32.4 Å². The summed E-state index contributed by atoms with van der Waals surface area (Å²) in [4.78, 5) is 2.59. The van der Waals surface area contributed by atoms with Crippen molar-refractivity contribution in [3.05, 3.63) is 54.6 Å². The molecule has 0 N–H and O–H groups in total. The summed E-state index contributed by atoms with van der Waals surface area (Å²) in [5.74, 6) is 0. The van der Waals surface area contributed by atoms with Crippen LogP contribution in [0.1, 0.15) is 40.0 Å². The maximum absolute atomic E-state index is 2.59. The van der Waals surface area contributed by atoms with Crippen LogP contribution >= 0.6 is 8.07 Å². The quantitative estimate of drug-likeness (QED) is 0.691. The Kier molecular flexibility index (Phi) is 6.15. The third kappa shape index (κ3) is 4.07. The van der Waals surface area contributed by atoms with E-state index in [4.69, 9.17) is 0 Å². The fourth-order valence-electron chi connectivity index (χ4n) is 4.01. The molecule has 1 aliphatic heterocycles. The second-order valence-electron chi connectivity index (χ2n) is 7.23. The van der Waals surface area contributed by atoms with E-state index < -0.39 is 8.07 Å². The number of rotatable bonds is 6. The lowest BCUT2D eigenvalue weighted by atomic mass is 10.2. The summed E-state index contributed by atoms with van der Waals surface area (Å²) < 4.78 is 2.53. The molecule has 25 heavy (non-hydrogen) atoms. The zero-order valence-corrected chi connectivity index (χ0v) is 16.9. The monoisotopic (exact) mass is 354 g/mol. The summed E-state index contributed by atoms with van der Waals surface area (Å²) in [5, 5.41) is 2.88. The Bertz CT molecular complexity index is 645. The van der Waals surface area contributed by atoms with E-state index in [2.05, 4.69) is 92.0 Å². The summed E-state index contributed by atoms with van der Waals surface area (Å²) in [6.45, 7) is 8.09. The Morgan fingerprint density at radius 2 is 1.48 bits per heavy atom. The molecule has 1 fully saturated rings. The zero-order valence-electron chi connectivity index (χ0n) is 16.0. The molecule has 3 rings (SSSR count). The van der Waals surface area contributed by atoms with Crippen molar-refractivity contribution < 1.29 is 0 Å². The molecule has 3 atom stereocenters. The predicted molar refractivity (Wildman–Crippen MR) is 113 cm³/mol. The van der Waals surface area contributed by atoms with Crippen molar-refractivity contribution >= 4 is 24.4 Å². The second kappa shape index (κ2) is 8.34. The first-order valence-electron chi connectivity index (χ1n) is 9.56. The van der Waals surface area contributed by atoms with Crippen LogP contribution in [-0.4, -0.2) is 30.3 Å². The molecule has 0 amide bonds. The number of anilines is 1. The molecule has 0 aromatic heterocycles. The van der Waals surface area contributed by atoms with Gasteiger partial charge in [-0.15, -0.1) is 0 Å². The predicted octanol–water partition coefficient (Wildman–Crippen LogP) is 4.75. The smallest absolute Gasteiger partial charge is 0.0371 e. The lowest BCUT2D eigenvalue weighted by Crippen LogP contribution is -2.33. The molecule has 134 valence electrons. The molecule has 0 spiro atoms. The maximum Gasteiger partial charge on any atom is 0.0371 e. The van der Waals surface area contributed by atoms with Gasteiger partial charge >= 0.3 is 0 Å². The van der Waals surface area contributed by atoms with Crippen LogP contribution in [0.2, 0.25) is 0 Å². The average molecular weight is 354 g/mol. The summed E-state index contributed by atoms with van der Waals surface area (Å²) in [5.41, 5.74) is 1.38. The van der Waals surface area contributed by atoms with Gasteiger partial charge in [-0.1, -0.05) is 49.4 Å². The standard InChI is InChI=1S/C22H31N2P/c1-5-17-23(4)25(21-9-7-6-8-10-21)22-15-13-20(14-16-22)24-18(2)11-12-19(24)3/h6-10,13-16,18-19H,5,11-12,17H2,1-4H3. The van der Waals surface area contributed by atoms with Crippen molar-refractivity contribution in [2.75, 3.05) is 18.5 Å². The Balaban J connectivity index is 1.89. The van der Waals surface area contributed by atoms with Crippen LogP contribution in [0.15, 0.2) is 54.6 Å². The number of nitrogens with zero attached hydrogens (tertiary/aromatic N) is 2. The Morgan fingerprint density at radius 1 is 0.920 bits per heavy atom. The highest BCUT2D eigenvalue weighted by molar-refractivity contribution is 7.70. The van der Waals surface area contributed by atoms with Crippen molar-refractivity contribution in [2.24, 2.45) is 0 Å². The highest BCUT2D eigenvalue weighted by Crippen LogP contribution is 2.38. The summed E-state index contributed by atoms with van der Waals surface area (Å²) in [6, 6.07) is 21.7. The highest BCUT2D eigenvalue weighted by Gasteiger charge is 2.27. The minimum Gasteiger partial charge on any atom is -0.366 e. The molecule has 2 aromatic rings. The van der Waals surface area contributed by atoms with Crippen molar-refractivity contribution in [2.45, 2.75) is 52.1 Å². The van der Waals surface area contributed by atoms with E-state index in [0.717, 1.165) is 6.54 Å². The molecule has 0 bridgehead atoms. The molecule has 0 radical (unpaired) electrons. The Morgan fingerprint density at radius 3 is 2.04 bits per heavy atom. The van der Waals surface area contributed by atoms with Gasteiger partial charge in [-0.05, 0) is 62.9 Å². The van der Waals surface area contributed by atoms with Crippen molar-refractivity contribution in [1.29, 1.82) is 0 Å². The van der Waals surface area contributed by atoms with Crippen molar-refractivity contribution in [3.8, 4) is 0 Å². The highest BCUT2D eigenvalue weighted by atomic mass is 31.1. The number of hydrogen-bond acceptors (Lipinski definition) is 2. The average Bonchev–Trinajstić information content (AvgIpc) is 2.96. The van der Waals surface area contributed by atoms with Gasteiger partial charge in [-0.3, -0.25) is 4.67 Å². The molecule has 1 saturated heterocycles. The summed E-state index contributed by atoms with van der Waals surface area (Å²) >= 11 is 0. The largest absolute Gasteiger partial charge is 0.366 e. The molecular weight excluding hydrogens is 323 g/mol. The normalized spacial score (nSPS) is 21.7. The van der Waals surface area contributed by atoms with Crippen molar-refractivity contribution in [3.63, 3.8) is 0 Å². The summed E-state index contributed by atoms with van der Waals surface area (Å²) in [7, 11) is 1.81. The molecule has 0 aliphatic carbocycles. The van der Waals surface area contributed by atoms with E-state index >= 15 is 0 Å². The van der Waals surface area contributed by atoms with Gasteiger partial charge in [0.2, 0.25) is 0 Å². The number of hydrogen-bond donors (Lipinski definition) is 0. The zero-order chi connectivity index (χ0) is 17.8. The Hall–Kier alpha value is -1.37. The minimum atomic E-state index is -0.450. The van der Waals surface area contributed by atoms with E-state index in [1.807, 2.05) is 0 Å². The molecule has 3 unspecified atom stereocenters. The first-order chi connectivity index (χ1) is 12.1. The lowest BCUT2D eigenvalue weighted by Gasteiger charge is -2.31. The first-order valence-corrected chi connectivity index (χ1v) is 10.9. The van der Waals surface area contributed by atoms with Crippen LogP contribution < -0.4 is 15.5 Å². The number of benzene rings is 2. The van der Waals surface area contributed by atoms with E-state index in [0.29, 0.717) is 12.1 Å². The van der Waals surface area contributed by atoms with Gasteiger partial charge in [0.15, 0.2) is 0 Å². The molecule has 2 nitrogen and oxygen atoms in total. The molecule has 2 aromatic carbocycles. The fourth-order valence-corrected chi connectivity index (χ4v) is 6.38. The second-order valence-corrected chi connectivity index (χ2v) is 9.57. The minimum absolute atomic E-state index is 0.450. The first kappa shape index (κ1) is 18.4. The summed E-state index contributed by atoms with van der Waals surface area (Å²) in [6.07, 6.45) is 3.79. The van der Waals surface area contributed by atoms with Gasteiger partial charge in [-0.2, -0.15) is 0 Å².